The van der Waals surface area contributed by atoms with Crippen LogP contribution in [0, 0.1) is 10.1 Å². The number of anilines is 1. The predicted molar refractivity (Wildman–Crippen MR) is 76.1 cm³/mol. The minimum Gasteiger partial charge on any atom is -0.356 e. The molecule has 5 heteroatoms. The molecular formula is C15H12N2O3. The first kappa shape index (κ1) is 13.5. The molecule has 1 N–H and O–H groups in total. The molecule has 5 nitrogen and oxygen atoms in total. The van der Waals surface area contributed by atoms with E-state index in [4.69, 9.17) is 0 Å². The molecule has 2 rings (SSSR count). The Morgan fingerprint density at radius 2 is 1.70 bits per heavy atom. The fourth-order valence-corrected chi connectivity index (χ4v) is 1.74. The van der Waals surface area contributed by atoms with Gasteiger partial charge in [-0.15, -0.1) is 0 Å². The van der Waals surface area contributed by atoms with Crippen LogP contribution in [-0.4, -0.2) is 10.7 Å². The lowest BCUT2D eigenvalue weighted by Crippen LogP contribution is -2.05. The highest BCUT2D eigenvalue weighted by Gasteiger charge is 2.12. The van der Waals surface area contributed by atoms with Gasteiger partial charge < -0.3 is 5.32 Å². The average Bonchev–Trinajstić information content (AvgIpc) is 2.47. The van der Waals surface area contributed by atoms with E-state index in [9.17, 15) is 14.9 Å². The van der Waals surface area contributed by atoms with Crippen LogP contribution in [0.1, 0.15) is 15.9 Å². The van der Waals surface area contributed by atoms with Crippen LogP contribution in [0.2, 0.25) is 0 Å². The molecule has 0 radical (unpaired) electrons. The highest BCUT2D eigenvalue weighted by Crippen LogP contribution is 2.19. The van der Waals surface area contributed by atoms with Crippen LogP contribution in [0.15, 0.2) is 67.0 Å². The van der Waals surface area contributed by atoms with Gasteiger partial charge in [0.1, 0.15) is 0 Å². The van der Waals surface area contributed by atoms with Gasteiger partial charge in [-0.05, 0) is 12.1 Å². The molecular weight excluding hydrogens is 256 g/mol. The molecule has 0 aliphatic carbocycles. The number of nitro groups is 1. The molecule has 0 amide bonds. The second-order valence-corrected chi connectivity index (χ2v) is 3.99. The molecule has 0 atom stereocenters. The smallest absolute Gasteiger partial charge is 0.250 e. The second kappa shape index (κ2) is 6.29. The Bertz CT molecular complexity index is 651. The van der Waals surface area contributed by atoms with Gasteiger partial charge in [0.25, 0.3) is 0 Å². The zero-order valence-corrected chi connectivity index (χ0v) is 10.5. The molecule has 0 aliphatic rings. The molecule has 20 heavy (non-hydrogen) atoms. The Morgan fingerprint density at radius 3 is 2.40 bits per heavy atom. The number of benzene rings is 2. The summed E-state index contributed by atoms with van der Waals surface area (Å²) < 4.78 is 0. The normalized spacial score (nSPS) is 10.4. The maximum absolute atomic E-state index is 12.4. The van der Waals surface area contributed by atoms with Gasteiger partial charge in [0.15, 0.2) is 5.78 Å². The number of para-hydroxylation sites is 1. The second-order valence-electron chi connectivity index (χ2n) is 3.99. The third-order valence-corrected chi connectivity index (χ3v) is 2.64. The van der Waals surface area contributed by atoms with E-state index in [0.717, 1.165) is 6.20 Å². The quantitative estimate of drug-likeness (QED) is 0.514. The summed E-state index contributed by atoms with van der Waals surface area (Å²) in [6.07, 6.45) is 1.97. The molecule has 0 aromatic heterocycles. The van der Waals surface area contributed by atoms with Crippen molar-refractivity contribution < 1.29 is 9.72 Å². The Hall–Kier alpha value is -2.95. The van der Waals surface area contributed by atoms with E-state index in [1.54, 1.807) is 48.5 Å². The maximum atomic E-state index is 12.4. The topological polar surface area (TPSA) is 72.2 Å². The molecule has 2 aromatic carbocycles. The van der Waals surface area contributed by atoms with Crippen molar-refractivity contribution in [2.45, 2.75) is 0 Å². The highest BCUT2D eigenvalue weighted by molar-refractivity contribution is 6.12. The fourth-order valence-electron chi connectivity index (χ4n) is 1.74. The van der Waals surface area contributed by atoms with Crippen LogP contribution < -0.4 is 5.32 Å². The number of nitrogens with one attached hydrogen (secondary N) is 1. The van der Waals surface area contributed by atoms with E-state index in [1.807, 2.05) is 6.07 Å². The third-order valence-electron chi connectivity index (χ3n) is 2.64. The third kappa shape index (κ3) is 3.29. The summed E-state index contributed by atoms with van der Waals surface area (Å²) in [5.74, 6) is -0.136. The summed E-state index contributed by atoms with van der Waals surface area (Å²) in [7, 11) is 0. The van der Waals surface area contributed by atoms with Crippen LogP contribution in [-0.2, 0) is 0 Å². The van der Waals surface area contributed by atoms with Gasteiger partial charge in [-0.25, -0.2) is 0 Å². The van der Waals surface area contributed by atoms with Crippen molar-refractivity contribution in [3.63, 3.8) is 0 Å². The van der Waals surface area contributed by atoms with Crippen LogP contribution in [0.3, 0.4) is 0 Å². The van der Waals surface area contributed by atoms with E-state index >= 15 is 0 Å². The standard InChI is InChI=1S/C15H12N2O3/c18-15(12-6-2-1-3-7-12)13-8-4-5-9-14(13)16-10-11-17(19)20/h1-11,16H/b11-10+. The summed E-state index contributed by atoms with van der Waals surface area (Å²) in [5.41, 5.74) is 1.56. The molecule has 0 fully saturated rings. The maximum Gasteiger partial charge on any atom is 0.250 e. The summed E-state index contributed by atoms with van der Waals surface area (Å²) in [6, 6.07) is 15.7. The van der Waals surface area contributed by atoms with Crippen LogP contribution in [0.4, 0.5) is 5.69 Å². The monoisotopic (exact) mass is 268 g/mol. The van der Waals surface area contributed by atoms with Crippen molar-refractivity contribution in [1.82, 2.24) is 0 Å². The molecule has 0 unspecified atom stereocenters. The van der Waals surface area contributed by atoms with Crippen LogP contribution in [0.5, 0.6) is 0 Å². The van der Waals surface area contributed by atoms with E-state index in [0.29, 0.717) is 16.8 Å². The predicted octanol–water partition coefficient (Wildman–Crippen LogP) is 3.08. The van der Waals surface area contributed by atoms with E-state index in [2.05, 4.69) is 5.32 Å². The Morgan fingerprint density at radius 1 is 1.05 bits per heavy atom. The first-order valence-electron chi connectivity index (χ1n) is 5.94. The van der Waals surface area contributed by atoms with Crippen molar-refractivity contribution in [1.29, 1.82) is 0 Å². The summed E-state index contributed by atoms with van der Waals surface area (Å²) in [5, 5.41) is 13.0. The lowest BCUT2D eigenvalue weighted by atomic mass is 10.0. The van der Waals surface area contributed by atoms with Gasteiger partial charge in [0.05, 0.1) is 11.1 Å². The fraction of sp³-hybridized carbons (Fsp3) is 0. The van der Waals surface area contributed by atoms with Crippen molar-refractivity contribution in [2.24, 2.45) is 0 Å². The van der Waals surface area contributed by atoms with Gasteiger partial charge in [0.2, 0.25) is 6.20 Å². The lowest BCUT2D eigenvalue weighted by Gasteiger charge is -2.07. The summed E-state index contributed by atoms with van der Waals surface area (Å²) in [6.45, 7) is 0. The van der Waals surface area contributed by atoms with Crippen LogP contribution in [0.25, 0.3) is 0 Å². The summed E-state index contributed by atoms with van der Waals surface area (Å²) in [4.78, 5) is 22.0. The van der Waals surface area contributed by atoms with Crippen molar-refractivity contribution >= 4 is 11.5 Å². The molecule has 0 spiro atoms. The zero-order chi connectivity index (χ0) is 14.4. The van der Waals surface area contributed by atoms with Gasteiger partial charge in [-0.2, -0.15) is 0 Å². The number of nitrogens with zero attached hydrogens (tertiary/aromatic N) is 1. The molecule has 0 aliphatic heterocycles. The largest absolute Gasteiger partial charge is 0.356 e. The SMILES string of the molecule is O=C(c1ccccc1)c1ccccc1N/C=C/[N+](=O)[O-]. The Kier molecular flexibility index (Phi) is 4.24. The highest BCUT2D eigenvalue weighted by atomic mass is 16.6. The first-order chi connectivity index (χ1) is 9.68. The van der Waals surface area contributed by atoms with Crippen LogP contribution >= 0.6 is 0 Å². The van der Waals surface area contributed by atoms with Gasteiger partial charge in [-0.3, -0.25) is 14.9 Å². The minimum atomic E-state index is -0.575. The Labute approximate surface area is 115 Å². The van der Waals surface area contributed by atoms with E-state index in [1.165, 1.54) is 6.20 Å². The summed E-state index contributed by atoms with van der Waals surface area (Å²) >= 11 is 0. The number of carbonyl (C=O) groups is 1. The molecule has 0 heterocycles. The molecule has 0 saturated heterocycles. The molecule has 2 aromatic rings. The van der Waals surface area contributed by atoms with Gasteiger partial charge >= 0.3 is 0 Å². The minimum absolute atomic E-state index is 0.136. The molecule has 0 bridgehead atoms. The van der Waals surface area contributed by atoms with Crippen molar-refractivity contribution in [3.05, 3.63) is 88.2 Å². The zero-order valence-electron chi connectivity index (χ0n) is 10.5. The average molecular weight is 268 g/mol. The van der Waals surface area contributed by atoms with Gasteiger partial charge in [-0.1, -0.05) is 42.5 Å². The molecule has 0 saturated carbocycles. The number of carbonyl (C=O) groups excluding carboxylic acids is 1. The number of ketones is 1. The first-order valence-corrected chi connectivity index (χ1v) is 5.94. The van der Waals surface area contributed by atoms with Crippen molar-refractivity contribution in [2.75, 3.05) is 5.32 Å². The lowest BCUT2D eigenvalue weighted by molar-refractivity contribution is -0.402. The van der Waals surface area contributed by atoms with E-state index < -0.39 is 4.92 Å². The number of hydrogen-bond donors (Lipinski definition) is 1. The van der Waals surface area contributed by atoms with Crippen molar-refractivity contribution in [3.8, 4) is 0 Å². The Balaban J connectivity index is 2.28. The number of rotatable bonds is 5. The van der Waals surface area contributed by atoms with E-state index in [-0.39, 0.29) is 5.78 Å². The number of hydrogen-bond acceptors (Lipinski definition) is 4. The molecule has 100 valence electrons. The van der Waals surface area contributed by atoms with Gasteiger partial charge in [0, 0.05) is 16.8 Å².